The van der Waals surface area contributed by atoms with Crippen LogP contribution < -0.4 is 9.64 Å². The van der Waals surface area contributed by atoms with Gasteiger partial charge in [-0.15, -0.1) is 10.2 Å². The molecular weight excluding hydrogens is 414 g/mol. The Kier molecular flexibility index (Phi) is 5.96. The second kappa shape index (κ2) is 8.67. The number of amides is 1. The lowest BCUT2D eigenvalue weighted by Gasteiger charge is -2.45. The first-order valence-electron chi connectivity index (χ1n) is 10.5. The monoisotopic (exact) mass is 439 g/mol. The fourth-order valence-electron chi connectivity index (χ4n) is 4.37. The molecule has 8 heteroatoms. The van der Waals surface area contributed by atoms with E-state index in [9.17, 15) is 4.79 Å². The quantitative estimate of drug-likeness (QED) is 0.607. The number of rotatable bonds is 4. The molecule has 0 unspecified atom stereocenters. The van der Waals surface area contributed by atoms with Gasteiger partial charge in [-0.3, -0.25) is 4.79 Å². The fourth-order valence-corrected chi connectivity index (χ4v) is 4.58. The van der Waals surface area contributed by atoms with E-state index >= 15 is 0 Å². The van der Waals surface area contributed by atoms with E-state index in [4.69, 9.17) is 16.3 Å². The molecule has 2 atom stereocenters. The number of fused-ring (bicyclic) bond motifs is 1. The Labute approximate surface area is 187 Å². The molecule has 1 aliphatic heterocycles. The largest absolute Gasteiger partial charge is 0.494 e. The molecule has 3 heterocycles. The number of carbonyl (C=O) groups is 1. The number of nitrogens with zero attached hydrogens (tertiary/aromatic N) is 5. The van der Waals surface area contributed by atoms with Crippen molar-refractivity contribution in [3.05, 3.63) is 41.6 Å². The third-order valence-corrected chi connectivity index (χ3v) is 6.06. The first-order chi connectivity index (χ1) is 14.9. The molecular formula is C23H26ClN5O2. The highest BCUT2D eigenvalue weighted by Gasteiger charge is 2.32. The van der Waals surface area contributed by atoms with E-state index in [2.05, 4.69) is 33.9 Å². The molecule has 0 aliphatic carbocycles. The number of aromatic nitrogens is 3. The molecule has 4 rings (SSSR count). The van der Waals surface area contributed by atoms with Crippen LogP contribution in [0.5, 0.6) is 5.75 Å². The molecule has 0 spiro atoms. The number of carbonyl (C=O) groups excluding carboxylic acids is 1. The summed E-state index contributed by atoms with van der Waals surface area (Å²) in [6.07, 6.45) is 2.32. The third-order valence-electron chi connectivity index (χ3n) is 5.76. The van der Waals surface area contributed by atoms with Crippen LogP contribution in [0.15, 0.2) is 36.5 Å². The van der Waals surface area contributed by atoms with Gasteiger partial charge in [-0.25, -0.2) is 4.98 Å². The van der Waals surface area contributed by atoms with Crippen LogP contribution in [-0.2, 0) is 4.79 Å². The van der Waals surface area contributed by atoms with Crippen LogP contribution in [0.2, 0.25) is 5.02 Å². The first kappa shape index (κ1) is 21.3. The van der Waals surface area contributed by atoms with Crippen molar-refractivity contribution >= 4 is 34.2 Å². The molecule has 31 heavy (non-hydrogen) atoms. The van der Waals surface area contributed by atoms with Crippen LogP contribution in [0.25, 0.3) is 22.2 Å². The molecule has 3 aromatic rings. The van der Waals surface area contributed by atoms with Crippen LogP contribution in [0.3, 0.4) is 0 Å². The number of hydrogen-bond donors (Lipinski definition) is 0. The minimum absolute atomic E-state index is 0.133. The Hall–Kier alpha value is -2.93. The minimum atomic E-state index is 0.133. The van der Waals surface area contributed by atoms with E-state index in [-0.39, 0.29) is 18.0 Å². The minimum Gasteiger partial charge on any atom is -0.494 e. The molecule has 1 aromatic carbocycles. The van der Waals surface area contributed by atoms with Gasteiger partial charge in [0, 0.05) is 48.7 Å². The van der Waals surface area contributed by atoms with Gasteiger partial charge in [-0.05, 0) is 38.1 Å². The van der Waals surface area contributed by atoms with Crippen molar-refractivity contribution in [2.24, 2.45) is 0 Å². The smallest absolute Gasteiger partial charge is 0.222 e. The van der Waals surface area contributed by atoms with E-state index in [1.807, 2.05) is 36.1 Å². The summed E-state index contributed by atoms with van der Waals surface area (Å²) in [4.78, 5) is 21.2. The Morgan fingerprint density at radius 1 is 1.16 bits per heavy atom. The van der Waals surface area contributed by atoms with E-state index in [1.165, 1.54) is 0 Å². The Balaban J connectivity index is 1.62. The highest BCUT2D eigenvalue weighted by atomic mass is 35.5. The molecule has 1 amide bonds. The van der Waals surface area contributed by atoms with Gasteiger partial charge in [-0.2, -0.15) is 0 Å². The molecule has 0 saturated carbocycles. The predicted octanol–water partition coefficient (Wildman–Crippen LogP) is 4.19. The molecule has 0 bridgehead atoms. The van der Waals surface area contributed by atoms with Crippen LogP contribution in [0.4, 0.5) is 5.82 Å². The Bertz CT molecular complexity index is 1090. The maximum absolute atomic E-state index is 12.3. The van der Waals surface area contributed by atoms with Gasteiger partial charge in [0.05, 0.1) is 12.1 Å². The summed E-state index contributed by atoms with van der Waals surface area (Å²) in [6.45, 7) is 7.59. The second-order valence-corrected chi connectivity index (χ2v) is 8.29. The maximum Gasteiger partial charge on any atom is 0.222 e. The summed E-state index contributed by atoms with van der Waals surface area (Å²) in [5, 5.41) is 9.99. The molecule has 2 aromatic heterocycles. The lowest BCUT2D eigenvalue weighted by atomic mass is 10.1. The van der Waals surface area contributed by atoms with E-state index < -0.39 is 0 Å². The molecule has 162 valence electrons. The van der Waals surface area contributed by atoms with Gasteiger partial charge in [0.25, 0.3) is 0 Å². The summed E-state index contributed by atoms with van der Waals surface area (Å²) in [7, 11) is 1.61. The topological polar surface area (TPSA) is 71.5 Å². The highest BCUT2D eigenvalue weighted by molar-refractivity contribution is 6.35. The molecule has 1 saturated heterocycles. The number of halogens is 1. The van der Waals surface area contributed by atoms with Gasteiger partial charge in [-0.1, -0.05) is 24.6 Å². The molecule has 1 fully saturated rings. The van der Waals surface area contributed by atoms with Gasteiger partial charge in [0.15, 0.2) is 5.75 Å². The zero-order valence-electron chi connectivity index (χ0n) is 18.2. The summed E-state index contributed by atoms with van der Waals surface area (Å²) >= 11 is 6.25. The maximum atomic E-state index is 12.3. The van der Waals surface area contributed by atoms with Crippen LogP contribution in [0, 0.1) is 0 Å². The number of hydrogen-bond acceptors (Lipinski definition) is 6. The molecule has 1 aliphatic rings. The summed E-state index contributed by atoms with van der Waals surface area (Å²) in [5.74, 6) is 1.70. The number of piperazine rings is 1. The average Bonchev–Trinajstić information content (AvgIpc) is 2.78. The zero-order valence-corrected chi connectivity index (χ0v) is 18.9. The highest BCUT2D eigenvalue weighted by Crippen LogP contribution is 2.36. The van der Waals surface area contributed by atoms with E-state index in [0.717, 1.165) is 29.9 Å². The van der Waals surface area contributed by atoms with Crippen LogP contribution >= 0.6 is 11.6 Å². The summed E-state index contributed by atoms with van der Waals surface area (Å²) < 4.78 is 5.65. The van der Waals surface area contributed by atoms with Crippen LogP contribution in [-0.4, -0.2) is 58.3 Å². The average molecular weight is 440 g/mol. The Morgan fingerprint density at radius 3 is 2.52 bits per heavy atom. The third kappa shape index (κ3) is 3.90. The van der Waals surface area contributed by atoms with Gasteiger partial charge < -0.3 is 14.5 Å². The van der Waals surface area contributed by atoms with Crippen molar-refractivity contribution in [1.29, 1.82) is 0 Å². The fraction of sp³-hybridized carbons (Fsp3) is 0.391. The lowest BCUT2D eigenvalue weighted by Crippen LogP contribution is -2.58. The molecule has 7 nitrogen and oxygen atoms in total. The van der Waals surface area contributed by atoms with Gasteiger partial charge in [0.2, 0.25) is 5.91 Å². The van der Waals surface area contributed by atoms with Crippen molar-refractivity contribution in [1.82, 2.24) is 20.1 Å². The van der Waals surface area contributed by atoms with Crippen molar-refractivity contribution in [3.8, 4) is 17.0 Å². The van der Waals surface area contributed by atoms with Crippen molar-refractivity contribution < 1.29 is 9.53 Å². The predicted molar refractivity (Wildman–Crippen MR) is 123 cm³/mol. The standard InChI is InChI=1S/C23H26ClN5O2/c1-5-20(30)29-14(2)12-28(13-15(29)3)19-10-9-16(11-25-19)21-23(31-4)17-7-6-8-18(24)22(17)27-26-21/h6-11,14-15H,5,12-13H2,1-4H3/t14-,15+. The number of pyridine rings is 1. The first-order valence-corrected chi connectivity index (χ1v) is 10.8. The van der Waals surface area contributed by atoms with Crippen molar-refractivity contribution in [3.63, 3.8) is 0 Å². The van der Waals surface area contributed by atoms with Gasteiger partial charge in [0.1, 0.15) is 17.0 Å². The van der Waals surface area contributed by atoms with Crippen LogP contribution in [0.1, 0.15) is 27.2 Å². The Morgan fingerprint density at radius 2 is 1.90 bits per heavy atom. The molecule has 0 radical (unpaired) electrons. The summed E-state index contributed by atoms with van der Waals surface area (Å²) in [5.41, 5.74) is 2.05. The number of methoxy groups -OCH3 is 1. The number of benzene rings is 1. The van der Waals surface area contributed by atoms with Crippen molar-refractivity contribution in [2.45, 2.75) is 39.3 Å². The summed E-state index contributed by atoms with van der Waals surface area (Å²) in [6, 6.07) is 9.79. The van der Waals surface area contributed by atoms with E-state index in [0.29, 0.717) is 28.4 Å². The normalized spacial score (nSPS) is 19.0. The SMILES string of the molecule is CCC(=O)N1[C@H](C)CN(c2ccc(-c3nnc4c(Cl)cccc4c3OC)cn2)C[C@@H]1C. The second-order valence-electron chi connectivity index (χ2n) is 7.88. The number of anilines is 1. The lowest BCUT2D eigenvalue weighted by molar-refractivity contribution is -0.135. The zero-order chi connectivity index (χ0) is 22.1. The number of ether oxygens (including phenoxy) is 1. The van der Waals surface area contributed by atoms with Crippen molar-refractivity contribution in [2.75, 3.05) is 25.1 Å². The van der Waals surface area contributed by atoms with E-state index in [1.54, 1.807) is 19.4 Å². The molecule has 0 N–H and O–H groups in total. The van der Waals surface area contributed by atoms with Gasteiger partial charge >= 0.3 is 0 Å².